The van der Waals surface area contributed by atoms with Gasteiger partial charge in [-0.05, 0) is 32.2 Å². The highest BCUT2D eigenvalue weighted by Gasteiger charge is 2.30. The van der Waals surface area contributed by atoms with E-state index in [-0.39, 0.29) is 25.0 Å². The minimum absolute atomic E-state index is 0.142. The highest BCUT2D eigenvalue weighted by Crippen LogP contribution is 2.05. The van der Waals surface area contributed by atoms with E-state index >= 15 is 0 Å². The molecular formula is C18H32N6O8S. The molecule has 4 amide bonds. The van der Waals surface area contributed by atoms with Crippen LogP contribution in [0.3, 0.4) is 0 Å². The van der Waals surface area contributed by atoms with Crippen molar-refractivity contribution < 1.29 is 39.0 Å². The van der Waals surface area contributed by atoms with Crippen molar-refractivity contribution in [2.75, 3.05) is 12.3 Å². The first-order valence-electron chi connectivity index (χ1n) is 10.1. The van der Waals surface area contributed by atoms with Crippen LogP contribution in [0.1, 0.15) is 38.5 Å². The van der Waals surface area contributed by atoms with Gasteiger partial charge in [0.25, 0.3) is 0 Å². The fourth-order valence-electron chi connectivity index (χ4n) is 2.59. The molecule has 0 saturated carbocycles. The summed E-state index contributed by atoms with van der Waals surface area (Å²) in [6, 6.07) is -5.16. The average molecular weight is 493 g/mol. The summed E-state index contributed by atoms with van der Waals surface area (Å²) in [5.41, 5.74) is 16.1. The van der Waals surface area contributed by atoms with Crippen LogP contribution in [0, 0.1) is 0 Å². The molecule has 0 bridgehead atoms. The van der Waals surface area contributed by atoms with Crippen molar-refractivity contribution in [3.05, 3.63) is 0 Å². The van der Waals surface area contributed by atoms with E-state index < -0.39 is 66.2 Å². The summed E-state index contributed by atoms with van der Waals surface area (Å²) in [6.07, 6.45) is 0.0271. The summed E-state index contributed by atoms with van der Waals surface area (Å²) in [4.78, 5) is 70.3. The molecule has 14 nitrogen and oxygen atoms in total. The maximum Gasteiger partial charge on any atom is 0.326 e. The summed E-state index contributed by atoms with van der Waals surface area (Å²) in [5.74, 6) is -6.22. The number of carbonyl (C=O) groups is 6. The summed E-state index contributed by atoms with van der Waals surface area (Å²) >= 11 is 3.98. The van der Waals surface area contributed by atoms with Crippen LogP contribution in [0.5, 0.6) is 0 Å². The number of hydrogen-bond acceptors (Lipinski definition) is 9. The van der Waals surface area contributed by atoms with E-state index in [0.717, 1.165) is 0 Å². The van der Waals surface area contributed by atoms with Gasteiger partial charge in [0.15, 0.2) is 0 Å². The first kappa shape index (κ1) is 30.1. The molecule has 0 aromatic heterocycles. The number of amides is 4. The molecule has 0 rings (SSSR count). The van der Waals surface area contributed by atoms with Crippen LogP contribution < -0.4 is 33.2 Å². The molecule has 0 heterocycles. The van der Waals surface area contributed by atoms with Crippen LogP contribution in [-0.2, 0) is 28.8 Å². The Morgan fingerprint density at radius 3 is 1.85 bits per heavy atom. The third-order valence-electron chi connectivity index (χ3n) is 4.42. The Morgan fingerprint density at radius 2 is 1.36 bits per heavy atom. The van der Waals surface area contributed by atoms with Gasteiger partial charge >= 0.3 is 11.9 Å². The molecule has 0 aliphatic rings. The summed E-state index contributed by atoms with van der Waals surface area (Å²) in [7, 11) is 0. The Hall–Kier alpha value is -2.91. The largest absolute Gasteiger partial charge is 0.481 e. The van der Waals surface area contributed by atoms with Crippen LogP contribution in [0.15, 0.2) is 0 Å². The van der Waals surface area contributed by atoms with Gasteiger partial charge in [0.05, 0.1) is 12.5 Å². The van der Waals surface area contributed by atoms with E-state index in [1.807, 2.05) is 0 Å². The van der Waals surface area contributed by atoms with Crippen LogP contribution >= 0.6 is 12.6 Å². The Morgan fingerprint density at radius 1 is 0.818 bits per heavy atom. The fourth-order valence-corrected chi connectivity index (χ4v) is 2.85. The zero-order valence-electron chi connectivity index (χ0n) is 18.0. The predicted octanol–water partition coefficient (Wildman–Crippen LogP) is -3.35. The summed E-state index contributed by atoms with van der Waals surface area (Å²) in [5, 5.41) is 24.7. The van der Waals surface area contributed by atoms with Gasteiger partial charge in [0.1, 0.15) is 18.1 Å². The van der Waals surface area contributed by atoms with E-state index in [4.69, 9.17) is 27.4 Å². The van der Waals surface area contributed by atoms with Crippen molar-refractivity contribution in [2.45, 2.75) is 62.7 Å². The number of nitrogens with two attached hydrogens (primary N) is 3. The number of hydrogen-bond donors (Lipinski definition) is 9. The van der Waals surface area contributed by atoms with Crippen molar-refractivity contribution in [1.29, 1.82) is 0 Å². The maximum atomic E-state index is 12.7. The molecule has 4 unspecified atom stereocenters. The van der Waals surface area contributed by atoms with Crippen LogP contribution in [-0.4, -0.2) is 82.2 Å². The van der Waals surface area contributed by atoms with E-state index in [9.17, 15) is 28.8 Å². The zero-order valence-corrected chi connectivity index (χ0v) is 18.9. The summed E-state index contributed by atoms with van der Waals surface area (Å²) < 4.78 is 0. The molecule has 4 atom stereocenters. The number of unbranched alkanes of at least 4 members (excludes halogenated alkanes) is 1. The Kier molecular flexibility index (Phi) is 14.4. The van der Waals surface area contributed by atoms with E-state index in [1.54, 1.807) is 0 Å². The first-order valence-corrected chi connectivity index (χ1v) is 10.8. The lowest BCUT2D eigenvalue weighted by molar-refractivity contribution is -0.143. The number of nitrogens with one attached hydrogen (secondary N) is 3. The minimum atomic E-state index is -1.60. The number of carbonyl (C=O) groups excluding carboxylic acids is 4. The molecule has 33 heavy (non-hydrogen) atoms. The van der Waals surface area contributed by atoms with Crippen molar-refractivity contribution in [3.8, 4) is 0 Å². The molecule has 15 heteroatoms. The Bertz CT molecular complexity index is 722. The lowest BCUT2D eigenvalue weighted by Crippen LogP contribution is -2.57. The zero-order chi connectivity index (χ0) is 25.6. The monoisotopic (exact) mass is 492 g/mol. The standard InChI is InChI=1S/C18H32N6O8S/c19-6-2-1-3-10(22-15(28)9(20)4-5-14(26)27)16(29)24-12(8-33)17(30)23-11(18(31)32)7-13(21)25/h9-12,33H,1-8,19-20H2,(H2,21,25)(H,22,28)(H,23,30)(H,24,29)(H,26,27)(H,31,32). The number of carboxylic acids is 2. The van der Waals surface area contributed by atoms with Crippen molar-refractivity contribution in [3.63, 3.8) is 0 Å². The molecular weight excluding hydrogens is 460 g/mol. The van der Waals surface area contributed by atoms with E-state index in [2.05, 4.69) is 28.6 Å². The normalized spacial score (nSPS) is 14.3. The molecule has 0 fully saturated rings. The SMILES string of the molecule is NCCCCC(NC(=O)C(N)CCC(=O)O)C(=O)NC(CS)C(=O)NC(CC(N)=O)C(=O)O. The van der Waals surface area contributed by atoms with Crippen LogP contribution in [0.2, 0.25) is 0 Å². The number of primary amides is 1. The van der Waals surface area contributed by atoms with E-state index in [1.165, 1.54) is 0 Å². The Balaban J connectivity index is 5.25. The third-order valence-corrected chi connectivity index (χ3v) is 4.79. The molecule has 0 radical (unpaired) electrons. The van der Waals surface area contributed by atoms with Crippen molar-refractivity contribution in [1.82, 2.24) is 16.0 Å². The number of rotatable bonds is 17. The van der Waals surface area contributed by atoms with Gasteiger partial charge in [-0.2, -0.15) is 12.6 Å². The highest BCUT2D eigenvalue weighted by atomic mass is 32.1. The molecule has 11 N–H and O–H groups in total. The Labute approximate surface area is 195 Å². The van der Waals surface area contributed by atoms with Gasteiger partial charge in [-0.1, -0.05) is 0 Å². The summed E-state index contributed by atoms with van der Waals surface area (Å²) in [6.45, 7) is 0.346. The predicted molar refractivity (Wildman–Crippen MR) is 119 cm³/mol. The van der Waals surface area contributed by atoms with Crippen LogP contribution in [0.4, 0.5) is 0 Å². The lowest BCUT2D eigenvalue weighted by atomic mass is 10.1. The highest BCUT2D eigenvalue weighted by molar-refractivity contribution is 7.80. The number of carboxylic acid groups (broad SMARTS) is 2. The minimum Gasteiger partial charge on any atom is -0.481 e. The molecule has 0 aromatic carbocycles. The fraction of sp³-hybridized carbons (Fsp3) is 0.667. The second-order valence-corrected chi connectivity index (χ2v) is 7.56. The number of thiol groups is 1. The van der Waals surface area contributed by atoms with Gasteiger partial charge in [-0.15, -0.1) is 0 Å². The van der Waals surface area contributed by atoms with Gasteiger partial charge in [0, 0.05) is 12.2 Å². The molecule has 0 aromatic rings. The smallest absolute Gasteiger partial charge is 0.326 e. The van der Waals surface area contributed by atoms with Gasteiger partial charge < -0.3 is 43.4 Å². The molecule has 0 aliphatic carbocycles. The quantitative estimate of drug-likeness (QED) is 0.0719. The van der Waals surface area contributed by atoms with E-state index in [0.29, 0.717) is 19.4 Å². The topological polar surface area (TPSA) is 257 Å². The van der Waals surface area contributed by atoms with Gasteiger partial charge in [0.2, 0.25) is 23.6 Å². The number of aliphatic carboxylic acids is 2. The average Bonchev–Trinajstić information content (AvgIpc) is 2.73. The molecule has 0 aliphatic heterocycles. The second-order valence-electron chi connectivity index (χ2n) is 7.20. The van der Waals surface area contributed by atoms with Crippen molar-refractivity contribution in [2.24, 2.45) is 17.2 Å². The van der Waals surface area contributed by atoms with Gasteiger partial charge in [-0.3, -0.25) is 24.0 Å². The first-order chi connectivity index (χ1) is 15.4. The van der Waals surface area contributed by atoms with Crippen molar-refractivity contribution >= 4 is 48.2 Å². The second kappa shape index (κ2) is 15.8. The molecule has 0 saturated heterocycles. The molecule has 0 spiro atoms. The molecule has 188 valence electrons. The van der Waals surface area contributed by atoms with Crippen LogP contribution in [0.25, 0.3) is 0 Å². The lowest BCUT2D eigenvalue weighted by Gasteiger charge is -2.24. The van der Waals surface area contributed by atoms with Gasteiger partial charge in [-0.25, -0.2) is 4.79 Å². The maximum absolute atomic E-state index is 12.7. The third kappa shape index (κ3) is 12.6.